The molecule has 0 aliphatic rings. The SMILES string of the molecule is COc1cccc(Sc2ccccc2F)c1[C@@H](C)O. The lowest BCUT2D eigenvalue weighted by atomic mass is 10.1. The Hall–Kier alpha value is -1.52. The number of benzene rings is 2. The lowest BCUT2D eigenvalue weighted by Crippen LogP contribution is -1.99. The minimum absolute atomic E-state index is 0.271. The highest BCUT2D eigenvalue weighted by Gasteiger charge is 2.15. The second kappa shape index (κ2) is 6.08. The van der Waals surface area contributed by atoms with Crippen molar-refractivity contribution in [3.63, 3.8) is 0 Å². The first-order chi connectivity index (χ1) is 9.13. The van der Waals surface area contributed by atoms with Crippen LogP contribution in [-0.4, -0.2) is 12.2 Å². The zero-order valence-electron chi connectivity index (χ0n) is 10.8. The Balaban J connectivity index is 2.43. The predicted octanol–water partition coefficient (Wildman–Crippen LogP) is 4.04. The van der Waals surface area contributed by atoms with E-state index >= 15 is 0 Å². The van der Waals surface area contributed by atoms with E-state index in [9.17, 15) is 9.50 Å². The van der Waals surface area contributed by atoms with E-state index in [0.717, 1.165) is 4.90 Å². The van der Waals surface area contributed by atoms with Gasteiger partial charge in [-0.25, -0.2) is 4.39 Å². The number of methoxy groups -OCH3 is 1. The van der Waals surface area contributed by atoms with Crippen LogP contribution < -0.4 is 4.74 Å². The lowest BCUT2D eigenvalue weighted by molar-refractivity contribution is 0.191. The molecule has 2 aromatic rings. The summed E-state index contributed by atoms with van der Waals surface area (Å²) in [6.45, 7) is 1.67. The molecule has 2 nitrogen and oxygen atoms in total. The Morgan fingerprint density at radius 2 is 1.79 bits per heavy atom. The molecule has 2 rings (SSSR count). The van der Waals surface area contributed by atoms with E-state index < -0.39 is 6.10 Å². The summed E-state index contributed by atoms with van der Waals surface area (Å²) in [5.41, 5.74) is 0.679. The van der Waals surface area contributed by atoms with Gasteiger partial charge in [-0.05, 0) is 31.2 Å². The van der Waals surface area contributed by atoms with Crippen LogP contribution in [0.5, 0.6) is 5.75 Å². The van der Waals surface area contributed by atoms with Gasteiger partial charge in [0.15, 0.2) is 0 Å². The zero-order chi connectivity index (χ0) is 13.8. The maximum Gasteiger partial charge on any atom is 0.137 e. The third-order valence-corrected chi connectivity index (χ3v) is 3.85. The van der Waals surface area contributed by atoms with E-state index in [0.29, 0.717) is 16.2 Å². The second-order valence-electron chi connectivity index (χ2n) is 4.08. The molecule has 0 saturated heterocycles. The van der Waals surface area contributed by atoms with Crippen LogP contribution in [0.25, 0.3) is 0 Å². The standard InChI is InChI=1S/C15H15FO2S/c1-10(17)15-12(18-2)7-5-9-14(15)19-13-8-4-3-6-11(13)16/h3-10,17H,1-2H3/t10-/m1/s1. The molecule has 0 aromatic heterocycles. The van der Waals surface area contributed by atoms with Crippen molar-refractivity contribution < 1.29 is 14.2 Å². The van der Waals surface area contributed by atoms with Crippen molar-refractivity contribution in [2.24, 2.45) is 0 Å². The molecular formula is C15H15FO2S. The first-order valence-corrected chi connectivity index (χ1v) is 6.72. The van der Waals surface area contributed by atoms with Gasteiger partial charge < -0.3 is 9.84 Å². The second-order valence-corrected chi connectivity index (χ2v) is 5.16. The summed E-state index contributed by atoms with van der Waals surface area (Å²) in [4.78, 5) is 1.32. The van der Waals surface area contributed by atoms with Gasteiger partial charge in [0.25, 0.3) is 0 Å². The van der Waals surface area contributed by atoms with Crippen LogP contribution in [0, 0.1) is 5.82 Å². The Labute approximate surface area is 116 Å². The average molecular weight is 278 g/mol. The summed E-state index contributed by atoms with van der Waals surface area (Å²) in [6, 6.07) is 12.0. The molecular weight excluding hydrogens is 263 g/mol. The van der Waals surface area contributed by atoms with Crippen LogP contribution in [-0.2, 0) is 0 Å². The van der Waals surface area contributed by atoms with Crippen molar-refractivity contribution >= 4 is 11.8 Å². The smallest absolute Gasteiger partial charge is 0.137 e. The molecule has 1 atom stereocenters. The fourth-order valence-corrected chi connectivity index (χ4v) is 2.93. The Kier molecular flexibility index (Phi) is 4.45. The summed E-state index contributed by atoms with van der Waals surface area (Å²) in [7, 11) is 1.55. The molecule has 4 heteroatoms. The van der Waals surface area contributed by atoms with Crippen LogP contribution >= 0.6 is 11.8 Å². The fraction of sp³-hybridized carbons (Fsp3) is 0.200. The summed E-state index contributed by atoms with van der Waals surface area (Å²) >= 11 is 1.28. The number of ether oxygens (including phenoxy) is 1. The number of rotatable bonds is 4. The largest absolute Gasteiger partial charge is 0.496 e. The Morgan fingerprint density at radius 1 is 1.11 bits per heavy atom. The number of halogens is 1. The van der Waals surface area contributed by atoms with E-state index in [1.807, 2.05) is 12.1 Å². The molecule has 0 unspecified atom stereocenters. The molecule has 100 valence electrons. The maximum absolute atomic E-state index is 13.7. The number of aliphatic hydroxyl groups excluding tert-OH is 1. The molecule has 19 heavy (non-hydrogen) atoms. The lowest BCUT2D eigenvalue weighted by Gasteiger charge is -2.15. The highest BCUT2D eigenvalue weighted by atomic mass is 32.2. The molecule has 0 amide bonds. The van der Waals surface area contributed by atoms with Crippen molar-refractivity contribution in [3.8, 4) is 5.75 Å². The minimum atomic E-state index is -0.676. The normalized spacial score (nSPS) is 12.2. The topological polar surface area (TPSA) is 29.5 Å². The minimum Gasteiger partial charge on any atom is -0.496 e. The maximum atomic E-state index is 13.7. The van der Waals surface area contributed by atoms with Crippen LogP contribution in [0.15, 0.2) is 52.3 Å². The average Bonchev–Trinajstić information content (AvgIpc) is 2.40. The number of hydrogen-bond acceptors (Lipinski definition) is 3. The third-order valence-electron chi connectivity index (χ3n) is 2.72. The van der Waals surface area contributed by atoms with Gasteiger partial charge in [-0.3, -0.25) is 0 Å². The summed E-state index contributed by atoms with van der Waals surface area (Å²) in [5.74, 6) is 0.336. The van der Waals surface area contributed by atoms with Crippen LogP contribution in [0.1, 0.15) is 18.6 Å². The molecule has 2 aromatic carbocycles. The van der Waals surface area contributed by atoms with E-state index in [2.05, 4.69) is 0 Å². The van der Waals surface area contributed by atoms with E-state index in [4.69, 9.17) is 4.74 Å². The van der Waals surface area contributed by atoms with Crippen molar-refractivity contribution in [2.75, 3.05) is 7.11 Å². The predicted molar refractivity (Wildman–Crippen MR) is 74.2 cm³/mol. The van der Waals surface area contributed by atoms with Gasteiger partial charge in [0.05, 0.1) is 13.2 Å². The first kappa shape index (κ1) is 13.9. The number of aliphatic hydroxyl groups is 1. The molecule has 0 aliphatic heterocycles. The molecule has 0 saturated carbocycles. The molecule has 1 N–H and O–H groups in total. The summed E-state index contributed by atoms with van der Waals surface area (Å²) < 4.78 is 18.9. The summed E-state index contributed by atoms with van der Waals surface area (Å²) in [5, 5.41) is 9.88. The molecule has 0 radical (unpaired) electrons. The molecule has 0 fully saturated rings. The molecule has 0 bridgehead atoms. The van der Waals surface area contributed by atoms with Crippen molar-refractivity contribution in [1.82, 2.24) is 0 Å². The van der Waals surface area contributed by atoms with Gasteiger partial charge in [0.2, 0.25) is 0 Å². The third kappa shape index (κ3) is 3.08. The Bertz CT molecular complexity index is 570. The van der Waals surface area contributed by atoms with Crippen LogP contribution in [0.3, 0.4) is 0 Å². The zero-order valence-corrected chi connectivity index (χ0v) is 11.6. The van der Waals surface area contributed by atoms with Gasteiger partial charge in [-0.2, -0.15) is 0 Å². The van der Waals surface area contributed by atoms with Gasteiger partial charge in [0.1, 0.15) is 11.6 Å². The van der Waals surface area contributed by atoms with E-state index in [1.165, 1.54) is 17.8 Å². The quantitative estimate of drug-likeness (QED) is 0.915. The van der Waals surface area contributed by atoms with Crippen LogP contribution in [0.4, 0.5) is 4.39 Å². The van der Waals surface area contributed by atoms with Crippen molar-refractivity contribution in [1.29, 1.82) is 0 Å². The Morgan fingerprint density at radius 3 is 2.42 bits per heavy atom. The van der Waals surface area contributed by atoms with E-state index in [-0.39, 0.29) is 5.82 Å². The highest BCUT2D eigenvalue weighted by Crippen LogP contribution is 2.38. The van der Waals surface area contributed by atoms with Crippen molar-refractivity contribution in [2.45, 2.75) is 22.8 Å². The van der Waals surface area contributed by atoms with Gasteiger partial charge in [-0.15, -0.1) is 0 Å². The van der Waals surface area contributed by atoms with Gasteiger partial charge in [-0.1, -0.05) is 30.0 Å². The molecule has 0 heterocycles. The van der Waals surface area contributed by atoms with Crippen LogP contribution in [0.2, 0.25) is 0 Å². The van der Waals surface area contributed by atoms with Gasteiger partial charge >= 0.3 is 0 Å². The molecule has 0 aliphatic carbocycles. The monoisotopic (exact) mass is 278 g/mol. The number of hydrogen-bond donors (Lipinski definition) is 1. The summed E-state index contributed by atoms with van der Waals surface area (Å²) in [6.07, 6.45) is -0.676. The fourth-order valence-electron chi connectivity index (χ4n) is 1.85. The van der Waals surface area contributed by atoms with E-state index in [1.54, 1.807) is 38.3 Å². The van der Waals surface area contributed by atoms with Gasteiger partial charge in [0, 0.05) is 15.4 Å². The van der Waals surface area contributed by atoms with Crippen molar-refractivity contribution in [3.05, 3.63) is 53.8 Å². The first-order valence-electron chi connectivity index (χ1n) is 5.91. The highest BCUT2D eigenvalue weighted by molar-refractivity contribution is 7.99. The molecule has 0 spiro atoms.